The third-order valence-corrected chi connectivity index (χ3v) is 3.77. The van der Waals surface area contributed by atoms with Gasteiger partial charge in [0.15, 0.2) is 0 Å². The number of hydrogen-bond acceptors (Lipinski definition) is 5. The number of nitrogens with one attached hydrogen (secondary N) is 1. The predicted molar refractivity (Wildman–Crippen MR) is 81.6 cm³/mol. The van der Waals surface area contributed by atoms with Crippen LogP contribution >= 0.6 is 0 Å². The van der Waals surface area contributed by atoms with Crippen LogP contribution in [0.2, 0.25) is 0 Å². The van der Waals surface area contributed by atoms with Crippen LogP contribution in [0.5, 0.6) is 0 Å². The first-order valence-corrected chi connectivity index (χ1v) is 7.05. The average Bonchev–Trinajstić information content (AvgIpc) is 2.52. The van der Waals surface area contributed by atoms with E-state index in [0.717, 1.165) is 31.0 Å². The minimum Gasteiger partial charge on any atom is -0.465 e. The van der Waals surface area contributed by atoms with Gasteiger partial charge in [0, 0.05) is 32.9 Å². The van der Waals surface area contributed by atoms with Crippen molar-refractivity contribution in [2.45, 2.75) is 12.8 Å². The second-order valence-corrected chi connectivity index (χ2v) is 5.24. The summed E-state index contributed by atoms with van der Waals surface area (Å²) in [5.41, 5.74) is 0.535. The molecule has 2 rings (SSSR count). The van der Waals surface area contributed by atoms with Crippen LogP contribution in [0.3, 0.4) is 0 Å². The zero-order valence-electron chi connectivity index (χ0n) is 12.3. The molecule has 8 nitrogen and oxygen atoms in total. The zero-order valence-corrected chi connectivity index (χ0v) is 12.3. The molecule has 0 aromatic heterocycles. The summed E-state index contributed by atoms with van der Waals surface area (Å²) in [7, 11) is 1.34. The van der Waals surface area contributed by atoms with Crippen LogP contribution in [0.15, 0.2) is 18.2 Å². The molecule has 1 aliphatic heterocycles. The lowest BCUT2D eigenvalue weighted by molar-refractivity contribution is -0.383. The molecule has 1 aliphatic rings. The van der Waals surface area contributed by atoms with Crippen LogP contribution < -0.4 is 10.2 Å². The van der Waals surface area contributed by atoms with Crippen molar-refractivity contribution < 1.29 is 19.6 Å². The lowest BCUT2D eigenvalue weighted by atomic mass is 10.0. The van der Waals surface area contributed by atoms with Gasteiger partial charge >= 0.3 is 6.09 Å². The van der Waals surface area contributed by atoms with Gasteiger partial charge in [-0.25, -0.2) is 4.79 Å². The first kappa shape index (κ1) is 16.0. The van der Waals surface area contributed by atoms with Gasteiger partial charge in [0.05, 0.1) is 10.6 Å². The first-order valence-electron chi connectivity index (χ1n) is 7.05. The zero-order chi connectivity index (χ0) is 16.1. The molecule has 0 bridgehead atoms. The lowest BCUT2D eigenvalue weighted by Crippen LogP contribution is -2.24. The maximum Gasteiger partial charge on any atom is 0.411 e. The standard InChI is InChI=1S/C14H19N3O5/c1-16(14(18)19)11-2-3-12(13(8-11)17(20)21)15-9-10-4-6-22-7-5-10/h2-3,8,10,15H,4-7,9H2,1H3,(H,18,19). The van der Waals surface area contributed by atoms with Crippen molar-refractivity contribution in [2.75, 3.05) is 37.0 Å². The molecule has 1 amide bonds. The number of nitrogens with zero attached hydrogens (tertiary/aromatic N) is 2. The Morgan fingerprint density at radius 2 is 2.18 bits per heavy atom. The van der Waals surface area contributed by atoms with Gasteiger partial charge in [0.1, 0.15) is 5.69 Å². The second kappa shape index (κ2) is 7.08. The molecule has 1 heterocycles. The Hall–Kier alpha value is -2.35. The summed E-state index contributed by atoms with van der Waals surface area (Å²) in [6, 6.07) is 4.36. The molecule has 1 aromatic carbocycles. The van der Waals surface area contributed by atoms with Gasteiger partial charge in [0.25, 0.3) is 5.69 Å². The highest BCUT2D eigenvalue weighted by molar-refractivity contribution is 5.86. The highest BCUT2D eigenvalue weighted by Crippen LogP contribution is 2.30. The molecule has 22 heavy (non-hydrogen) atoms. The van der Waals surface area contributed by atoms with Crippen molar-refractivity contribution in [2.24, 2.45) is 5.92 Å². The van der Waals surface area contributed by atoms with Crippen molar-refractivity contribution in [3.8, 4) is 0 Å². The topological polar surface area (TPSA) is 105 Å². The largest absolute Gasteiger partial charge is 0.465 e. The van der Waals surface area contributed by atoms with E-state index in [1.807, 2.05) is 0 Å². The number of nitro groups is 1. The number of ether oxygens (including phenoxy) is 1. The van der Waals surface area contributed by atoms with Gasteiger partial charge in [-0.15, -0.1) is 0 Å². The lowest BCUT2D eigenvalue weighted by Gasteiger charge is -2.22. The van der Waals surface area contributed by atoms with E-state index in [9.17, 15) is 14.9 Å². The minimum absolute atomic E-state index is 0.127. The van der Waals surface area contributed by atoms with Gasteiger partial charge in [0.2, 0.25) is 0 Å². The fourth-order valence-electron chi connectivity index (χ4n) is 2.34. The predicted octanol–water partition coefficient (Wildman–Crippen LogP) is 2.55. The molecule has 0 aliphatic carbocycles. The van der Waals surface area contributed by atoms with E-state index in [0.29, 0.717) is 18.2 Å². The van der Waals surface area contributed by atoms with Crippen LogP contribution in [0.4, 0.5) is 21.9 Å². The number of carbonyl (C=O) groups is 1. The number of carboxylic acid groups (broad SMARTS) is 1. The highest BCUT2D eigenvalue weighted by atomic mass is 16.6. The minimum atomic E-state index is -1.17. The number of benzene rings is 1. The molecule has 120 valence electrons. The van der Waals surface area contributed by atoms with Gasteiger partial charge in [-0.2, -0.15) is 0 Å². The number of nitro benzene ring substituents is 1. The summed E-state index contributed by atoms with van der Waals surface area (Å²) in [4.78, 5) is 22.6. The Labute approximate surface area is 127 Å². The van der Waals surface area contributed by atoms with Crippen LogP contribution in [-0.4, -0.2) is 42.9 Å². The number of amides is 1. The maximum atomic E-state index is 11.2. The third-order valence-electron chi connectivity index (χ3n) is 3.77. The molecule has 1 saturated heterocycles. The smallest absolute Gasteiger partial charge is 0.411 e. The summed E-state index contributed by atoms with van der Waals surface area (Å²) in [6.45, 7) is 2.08. The molecule has 0 spiro atoms. The summed E-state index contributed by atoms with van der Waals surface area (Å²) in [6.07, 6.45) is 0.693. The molecular formula is C14H19N3O5. The van der Waals surface area contributed by atoms with Crippen LogP contribution in [0, 0.1) is 16.0 Å². The van der Waals surface area contributed by atoms with Crippen LogP contribution in [0.25, 0.3) is 0 Å². The van der Waals surface area contributed by atoms with E-state index >= 15 is 0 Å². The fraction of sp³-hybridized carbons (Fsp3) is 0.500. The summed E-state index contributed by atoms with van der Waals surface area (Å²) >= 11 is 0. The SMILES string of the molecule is CN(C(=O)O)c1ccc(NCC2CCOCC2)c([N+](=O)[O-])c1. The third kappa shape index (κ3) is 3.85. The number of rotatable bonds is 5. The Balaban J connectivity index is 2.12. The molecule has 0 atom stereocenters. The van der Waals surface area contributed by atoms with Crippen LogP contribution in [-0.2, 0) is 4.74 Å². The molecule has 0 unspecified atom stereocenters. The highest BCUT2D eigenvalue weighted by Gasteiger charge is 2.20. The molecule has 0 saturated carbocycles. The van der Waals surface area contributed by atoms with Crippen molar-refractivity contribution >= 4 is 23.2 Å². The number of hydrogen-bond donors (Lipinski definition) is 2. The molecule has 1 fully saturated rings. The molecule has 0 radical (unpaired) electrons. The van der Waals surface area contributed by atoms with E-state index < -0.39 is 11.0 Å². The first-order chi connectivity index (χ1) is 10.5. The maximum absolute atomic E-state index is 11.2. The Kier molecular flexibility index (Phi) is 5.16. The summed E-state index contributed by atoms with van der Waals surface area (Å²) < 4.78 is 5.28. The van der Waals surface area contributed by atoms with Gasteiger partial charge in [-0.1, -0.05) is 0 Å². The normalized spacial score (nSPS) is 15.3. The van der Waals surface area contributed by atoms with Crippen molar-refractivity contribution in [3.05, 3.63) is 28.3 Å². The molecule has 2 N–H and O–H groups in total. The Morgan fingerprint density at radius 3 is 2.77 bits per heavy atom. The van der Waals surface area contributed by atoms with E-state index in [1.54, 1.807) is 12.1 Å². The van der Waals surface area contributed by atoms with E-state index in [1.165, 1.54) is 13.1 Å². The van der Waals surface area contributed by atoms with Gasteiger partial charge in [-0.05, 0) is 30.9 Å². The molecule has 8 heteroatoms. The van der Waals surface area contributed by atoms with E-state index in [-0.39, 0.29) is 11.4 Å². The van der Waals surface area contributed by atoms with Crippen molar-refractivity contribution in [3.63, 3.8) is 0 Å². The van der Waals surface area contributed by atoms with Crippen molar-refractivity contribution in [1.82, 2.24) is 0 Å². The Morgan fingerprint density at radius 1 is 1.50 bits per heavy atom. The quantitative estimate of drug-likeness (QED) is 0.639. The average molecular weight is 309 g/mol. The van der Waals surface area contributed by atoms with E-state index in [4.69, 9.17) is 9.84 Å². The van der Waals surface area contributed by atoms with E-state index in [2.05, 4.69) is 5.32 Å². The van der Waals surface area contributed by atoms with Crippen LogP contribution in [0.1, 0.15) is 12.8 Å². The van der Waals surface area contributed by atoms with Gasteiger partial charge < -0.3 is 15.2 Å². The monoisotopic (exact) mass is 309 g/mol. The second-order valence-electron chi connectivity index (χ2n) is 5.24. The summed E-state index contributed by atoms with van der Waals surface area (Å²) in [5, 5.41) is 23.2. The van der Waals surface area contributed by atoms with Gasteiger partial charge in [-0.3, -0.25) is 15.0 Å². The number of anilines is 2. The fourth-order valence-corrected chi connectivity index (χ4v) is 2.34. The summed E-state index contributed by atoms with van der Waals surface area (Å²) in [5.74, 6) is 0.426. The van der Waals surface area contributed by atoms with Crippen molar-refractivity contribution in [1.29, 1.82) is 0 Å². The molecular weight excluding hydrogens is 290 g/mol. The Bertz CT molecular complexity index is 557. The molecule has 1 aromatic rings.